The number of anilines is 1. The van der Waals surface area contributed by atoms with Crippen molar-refractivity contribution in [1.82, 2.24) is 24.6 Å². The van der Waals surface area contributed by atoms with Crippen LogP contribution in [0.2, 0.25) is 0 Å². The molecule has 0 aromatic carbocycles. The molecule has 0 amide bonds. The first-order valence-corrected chi connectivity index (χ1v) is 7.51. The standard InChI is InChI=1S/C15H20N6/c1-19-8-3-13(18-19)11-21-10-5-15(21)4-9-20(12-15)14-16-6-2-7-17-14/h2-3,6-8H,4-5,9-12H2,1H3/t15-/m0/s1. The van der Waals surface area contributed by atoms with Gasteiger partial charge < -0.3 is 4.90 Å². The fourth-order valence-corrected chi connectivity index (χ4v) is 3.52. The van der Waals surface area contributed by atoms with Gasteiger partial charge in [-0.1, -0.05) is 0 Å². The van der Waals surface area contributed by atoms with E-state index in [2.05, 4.69) is 30.9 Å². The van der Waals surface area contributed by atoms with Crippen LogP contribution in [0.5, 0.6) is 0 Å². The molecule has 6 heteroatoms. The van der Waals surface area contributed by atoms with E-state index in [-0.39, 0.29) is 0 Å². The Morgan fingerprint density at radius 3 is 2.67 bits per heavy atom. The summed E-state index contributed by atoms with van der Waals surface area (Å²) in [6.07, 6.45) is 8.11. The zero-order chi connectivity index (χ0) is 14.3. The molecule has 0 N–H and O–H groups in total. The number of nitrogens with zero attached hydrogens (tertiary/aromatic N) is 6. The molecule has 2 saturated heterocycles. The highest BCUT2D eigenvalue weighted by atomic mass is 15.4. The molecule has 110 valence electrons. The van der Waals surface area contributed by atoms with Crippen molar-refractivity contribution in [3.05, 3.63) is 36.4 Å². The van der Waals surface area contributed by atoms with Gasteiger partial charge in [0.05, 0.1) is 5.69 Å². The summed E-state index contributed by atoms with van der Waals surface area (Å²) in [4.78, 5) is 13.6. The van der Waals surface area contributed by atoms with E-state index in [0.29, 0.717) is 5.54 Å². The van der Waals surface area contributed by atoms with Crippen LogP contribution in [-0.2, 0) is 13.6 Å². The average Bonchev–Trinajstić information content (AvgIpc) is 3.13. The summed E-state index contributed by atoms with van der Waals surface area (Å²) in [7, 11) is 1.97. The van der Waals surface area contributed by atoms with E-state index in [1.54, 1.807) is 0 Å². The van der Waals surface area contributed by atoms with Crippen molar-refractivity contribution in [3.63, 3.8) is 0 Å². The molecule has 2 aliphatic heterocycles. The number of likely N-dealkylation sites (tertiary alicyclic amines) is 1. The van der Waals surface area contributed by atoms with E-state index in [0.717, 1.165) is 31.3 Å². The molecule has 6 nitrogen and oxygen atoms in total. The number of hydrogen-bond acceptors (Lipinski definition) is 5. The van der Waals surface area contributed by atoms with Gasteiger partial charge in [0, 0.05) is 57.4 Å². The molecule has 0 aliphatic carbocycles. The Morgan fingerprint density at radius 2 is 2.00 bits per heavy atom. The van der Waals surface area contributed by atoms with Gasteiger partial charge in [0.25, 0.3) is 0 Å². The zero-order valence-corrected chi connectivity index (χ0v) is 12.3. The van der Waals surface area contributed by atoms with Crippen molar-refractivity contribution in [2.24, 2.45) is 7.05 Å². The van der Waals surface area contributed by atoms with Crippen molar-refractivity contribution >= 4 is 5.95 Å². The third-order valence-corrected chi connectivity index (χ3v) is 4.81. The van der Waals surface area contributed by atoms with Crippen LogP contribution in [0, 0.1) is 0 Å². The summed E-state index contributed by atoms with van der Waals surface area (Å²) in [5.41, 5.74) is 1.46. The largest absolute Gasteiger partial charge is 0.339 e. The highest BCUT2D eigenvalue weighted by Gasteiger charge is 2.49. The van der Waals surface area contributed by atoms with E-state index in [4.69, 9.17) is 0 Å². The van der Waals surface area contributed by atoms with Gasteiger partial charge in [-0.05, 0) is 25.0 Å². The van der Waals surface area contributed by atoms with Gasteiger partial charge in [-0.15, -0.1) is 0 Å². The maximum atomic E-state index is 4.50. The number of aromatic nitrogens is 4. The maximum Gasteiger partial charge on any atom is 0.225 e. The van der Waals surface area contributed by atoms with Gasteiger partial charge in [0.1, 0.15) is 0 Å². The van der Waals surface area contributed by atoms with Crippen LogP contribution in [-0.4, -0.2) is 49.8 Å². The summed E-state index contributed by atoms with van der Waals surface area (Å²) in [5.74, 6) is 0.860. The normalized spacial score (nSPS) is 25.5. The lowest BCUT2D eigenvalue weighted by Gasteiger charge is -2.50. The monoisotopic (exact) mass is 284 g/mol. The number of hydrogen-bond donors (Lipinski definition) is 0. The predicted octanol–water partition coefficient (Wildman–Crippen LogP) is 1.06. The van der Waals surface area contributed by atoms with Crippen LogP contribution in [0.1, 0.15) is 18.5 Å². The first-order valence-electron chi connectivity index (χ1n) is 7.51. The van der Waals surface area contributed by atoms with Gasteiger partial charge in [0.2, 0.25) is 5.95 Å². The second-order valence-electron chi connectivity index (χ2n) is 6.10. The fraction of sp³-hybridized carbons (Fsp3) is 0.533. The molecule has 0 unspecified atom stereocenters. The Bertz CT molecular complexity index is 624. The summed E-state index contributed by atoms with van der Waals surface area (Å²) in [6.45, 7) is 4.19. The molecule has 1 atom stereocenters. The van der Waals surface area contributed by atoms with E-state index in [1.165, 1.54) is 19.4 Å². The third-order valence-electron chi connectivity index (χ3n) is 4.81. The molecule has 0 saturated carbocycles. The van der Waals surface area contributed by atoms with Crippen LogP contribution < -0.4 is 4.90 Å². The van der Waals surface area contributed by atoms with Crippen molar-refractivity contribution < 1.29 is 0 Å². The maximum absolute atomic E-state index is 4.50. The zero-order valence-electron chi connectivity index (χ0n) is 12.3. The van der Waals surface area contributed by atoms with E-state index >= 15 is 0 Å². The number of rotatable bonds is 3. The molecular weight excluding hydrogens is 264 g/mol. The van der Waals surface area contributed by atoms with Crippen LogP contribution >= 0.6 is 0 Å². The van der Waals surface area contributed by atoms with Gasteiger partial charge in [-0.3, -0.25) is 9.58 Å². The van der Waals surface area contributed by atoms with Gasteiger partial charge in [-0.2, -0.15) is 5.10 Å². The second kappa shape index (κ2) is 4.80. The molecule has 0 radical (unpaired) electrons. The Labute approximate surface area is 124 Å². The van der Waals surface area contributed by atoms with Gasteiger partial charge >= 0.3 is 0 Å². The molecule has 4 heterocycles. The molecule has 2 aromatic rings. The second-order valence-corrected chi connectivity index (χ2v) is 6.10. The molecule has 2 aliphatic rings. The minimum absolute atomic E-state index is 0.302. The summed E-state index contributed by atoms with van der Waals surface area (Å²) >= 11 is 0. The summed E-state index contributed by atoms with van der Waals surface area (Å²) in [5, 5.41) is 4.50. The minimum atomic E-state index is 0.302. The highest BCUT2D eigenvalue weighted by Crippen LogP contribution is 2.40. The highest BCUT2D eigenvalue weighted by molar-refractivity contribution is 5.34. The molecule has 4 rings (SSSR count). The van der Waals surface area contributed by atoms with Gasteiger partial charge in [-0.25, -0.2) is 9.97 Å². The van der Waals surface area contributed by atoms with Crippen molar-refractivity contribution in [2.75, 3.05) is 24.5 Å². The summed E-state index contributed by atoms with van der Waals surface area (Å²) < 4.78 is 1.88. The molecule has 0 bridgehead atoms. The SMILES string of the molecule is Cn1ccc(CN2CC[C@]23CCN(c2ncccn2)C3)n1. The summed E-state index contributed by atoms with van der Waals surface area (Å²) in [6, 6.07) is 3.98. The van der Waals surface area contributed by atoms with Crippen LogP contribution in [0.15, 0.2) is 30.7 Å². The first kappa shape index (κ1) is 12.8. The number of aryl methyl sites for hydroxylation is 1. The Kier molecular flexibility index (Phi) is 2.92. The lowest BCUT2D eigenvalue weighted by molar-refractivity contribution is -0.00596. The van der Waals surface area contributed by atoms with Crippen LogP contribution in [0.4, 0.5) is 5.95 Å². The fourth-order valence-electron chi connectivity index (χ4n) is 3.52. The lowest BCUT2D eigenvalue weighted by atomic mass is 9.83. The predicted molar refractivity (Wildman–Crippen MR) is 79.8 cm³/mol. The third kappa shape index (κ3) is 2.19. The van der Waals surface area contributed by atoms with Crippen LogP contribution in [0.3, 0.4) is 0 Å². The Balaban J connectivity index is 1.46. The molecule has 1 spiro atoms. The van der Waals surface area contributed by atoms with E-state index < -0.39 is 0 Å². The van der Waals surface area contributed by atoms with Crippen molar-refractivity contribution in [2.45, 2.75) is 24.9 Å². The van der Waals surface area contributed by atoms with Crippen molar-refractivity contribution in [1.29, 1.82) is 0 Å². The molecule has 2 fully saturated rings. The smallest absolute Gasteiger partial charge is 0.225 e. The van der Waals surface area contributed by atoms with Crippen molar-refractivity contribution in [3.8, 4) is 0 Å². The quantitative estimate of drug-likeness (QED) is 0.843. The van der Waals surface area contributed by atoms with Crippen LogP contribution in [0.25, 0.3) is 0 Å². The van der Waals surface area contributed by atoms with Gasteiger partial charge in [0.15, 0.2) is 0 Å². The van der Waals surface area contributed by atoms with E-state index in [1.807, 2.05) is 36.4 Å². The molecule has 21 heavy (non-hydrogen) atoms. The minimum Gasteiger partial charge on any atom is -0.339 e. The average molecular weight is 284 g/mol. The topological polar surface area (TPSA) is 50.1 Å². The molecular formula is C15H20N6. The first-order chi connectivity index (χ1) is 10.3. The molecule has 2 aromatic heterocycles. The lowest BCUT2D eigenvalue weighted by Crippen LogP contribution is -2.60. The van der Waals surface area contributed by atoms with E-state index in [9.17, 15) is 0 Å². The Morgan fingerprint density at radius 1 is 1.19 bits per heavy atom. The Hall–Kier alpha value is -1.95.